The highest BCUT2D eigenvalue weighted by Crippen LogP contribution is 2.34. The molecule has 0 N–H and O–H groups in total. The van der Waals surface area contributed by atoms with Crippen molar-refractivity contribution in [3.05, 3.63) is 47.8 Å². The van der Waals surface area contributed by atoms with Crippen molar-refractivity contribution in [2.75, 3.05) is 20.3 Å². The van der Waals surface area contributed by atoms with Gasteiger partial charge in [-0.3, -0.25) is 9.78 Å². The largest absolute Gasteiger partial charge is 0.383 e. The molecule has 1 saturated carbocycles. The minimum absolute atomic E-state index is 0.0203. The maximum absolute atomic E-state index is 13.3. The maximum atomic E-state index is 13.3. The van der Waals surface area contributed by atoms with Crippen LogP contribution in [0.15, 0.2) is 30.7 Å². The van der Waals surface area contributed by atoms with Crippen LogP contribution in [0.4, 0.5) is 0 Å². The molecule has 2 aromatic heterocycles. The highest BCUT2D eigenvalue weighted by Gasteiger charge is 2.31. The number of nitrogens with zero attached hydrogens (tertiary/aromatic N) is 4. The second kappa shape index (κ2) is 9.53. The van der Waals surface area contributed by atoms with Gasteiger partial charge < -0.3 is 14.2 Å². The van der Waals surface area contributed by atoms with Crippen molar-refractivity contribution >= 4 is 5.91 Å². The van der Waals surface area contributed by atoms with Gasteiger partial charge in [0.15, 0.2) is 0 Å². The molecular formula is C23H32N4O2. The van der Waals surface area contributed by atoms with E-state index in [0.717, 1.165) is 24.9 Å². The molecule has 0 saturated heterocycles. The average Bonchev–Trinajstić information content (AvgIpc) is 3.21. The number of rotatable bonds is 7. The molecule has 0 spiro atoms. The standard InChI is InChI=1S/C23H32N4O2/c1-29-13-12-26(17-18-6-5-10-24-15-18)23(28)20-9-11-27-21(14-20)16-25-22(27)19-7-3-2-4-8-19/h5-6,10,15-16,19-20H,2-4,7-9,11-14,17H2,1H3. The Morgan fingerprint density at radius 2 is 2.10 bits per heavy atom. The normalized spacial score (nSPS) is 19.7. The van der Waals surface area contributed by atoms with E-state index < -0.39 is 0 Å². The topological polar surface area (TPSA) is 60.2 Å². The Labute approximate surface area is 173 Å². The molecule has 1 amide bonds. The first kappa shape index (κ1) is 20.1. The van der Waals surface area contributed by atoms with Gasteiger partial charge in [-0.1, -0.05) is 25.3 Å². The molecule has 1 fully saturated rings. The lowest BCUT2D eigenvalue weighted by Gasteiger charge is -2.31. The molecule has 2 aromatic rings. The predicted molar refractivity (Wildman–Crippen MR) is 111 cm³/mol. The van der Waals surface area contributed by atoms with Crippen molar-refractivity contribution in [2.45, 2.75) is 64.0 Å². The van der Waals surface area contributed by atoms with Crippen molar-refractivity contribution < 1.29 is 9.53 Å². The number of pyridine rings is 1. The molecule has 0 aromatic carbocycles. The Bertz CT molecular complexity index is 798. The van der Waals surface area contributed by atoms with Crippen molar-refractivity contribution in [3.63, 3.8) is 0 Å². The second-order valence-electron chi connectivity index (χ2n) is 8.40. The van der Waals surface area contributed by atoms with Crippen LogP contribution >= 0.6 is 0 Å². The minimum atomic E-state index is 0.0203. The molecule has 1 aliphatic carbocycles. The van der Waals surface area contributed by atoms with E-state index in [2.05, 4.69) is 9.55 Å². The Balaban J connectivity index is 1.45. The number of carbonyl (C=O) groups is 1. The van der Waals surface area contributed by atoms with Gasteiger partial charge in [0.05, 0.1) is 6.61 Å². The summed E-state index contributed by atoms with van der Waals surface area (Å²) in [5, 5.41) is 0. The van der Waals surface area contributed by atoms with Crippen molar-refractivity contribution in [2.24, 2.45) is 5.92 Å². The van der Waals surface area contributed by atoms with Crippen LogP contribution < -0.4 is 0 Å². The lowest BCUT2D eigenvalue weighted by Crippen LogP contribution is -2.40. The quantitative estimate of drug-likeness (QED) is 0.718. The van der Waals surface area contributed by atoms with Crippen LogP contribution in [0.2, 0.25) is 0 Å². The fourth-order valence-electron chi connectivity index (χ4n) is 4.82. The number of carbonyl (C=O) groups excluding carboxylic acids is 1. The van der Waals surface area contributed by atoms with E-state index in [-0.39, 0.29) is 11.8 Å². The molecule has 2 aliphatic rings. The first-order valence-electron chi connectivity index (χ1n) is 11.0. The summed E-state index contributed by atoms with van der Waals surface area (Å²) in [6.07, 6.45) is 13.8. The van der Waals surface area contributed by atoms with Crippen LogP contribution in [-0.4, -0.2) is 45.6 Å². The lowest BCUT2D eigenvalue weighted by atomic mass is 9.88. The number of hydrogen-bond acceptors (Lipinski definition) is 4. The molecule has 6 nitrogen and oxygen atoms in total. The molecule has 156 valence electrons. The molecular weight excluding hydrogens is 364 g/mol. The van der Waals surface area contributed by atoms with Gasteiger partial charge in [0.25, 0.3) is 0 Å². The summed E-state index contributed by atoms with van der Waals surface area (Å²) in [4.78, 5) is 24.3. The number of hydrogen-bond donors (Lipinski definition) is 0. The van der Waals surface area contributed by atoms with Crippen molar-refractivity contribution in [1.29, 1.82) is 0 Å². The van der Waals surface area contributed by atoms with Crippen molar-refractivity contribution in [1.82, 2.24) is 19.4 Å². The fourth-order valence-corrected chi connectivity index (χ4v) is 4.82. The van der Waals surface area contributed by atoms with Crippen LogP contribution in [-0.2, 0) is 29.0 Å². The van der Waals surface area contributed by atoms with Gasteiger partial charge in [-0.2, -0.15) is 0 Å². The Morgan fingerprint density at radius 3 is 2.86 bits per heavy atom. The Morgan fingerprint density at radius 1 is 1.24 bits per heavy atom. The number of ether oxygens (including phenoxy) is 1. The van der Waals surface area contributed by atoms with E-state index >= 15 is 0 Å². The molecule has 6 heteroatoms. The van der Waals surface area contributed by atoms with E-state index in [0.29, 0.717) is 25.6 Å². The Hall–Kier alpha value is -2.21. The van der Waals surface area contributed by atoms with Crippen LogP contribution in [0.3, 0.4) is 0 Å². The monoisotopic (exact) mass is 396 g/mol. The Kier molecular flexibility index (Phi) is 6.60. The van der Waals surface area contributed by atoms with Crippen LogP contribution in [0, 0.1) is 5.92 Å². The molecule has 29 heavy (non-hydrogen) atoms. The van der Waals surface area contributed by atoms with Crippen LogP contribution in [0.1, 0.15) is 61.5 Å². The van der Waals surface area contributed by atoms with Gasteiger partial charge in [0, 0.05) is 69.3 Å². The van der Waals surface area contributed by atoms with E-state index in [4.69, 9.17) is 9.72 Å². The SMILES string of the molecule is COCCN(Cc1cccnc1)C(=O)C1CCn2c(cnc2C2CCCCC2)C1. The van der Waals surface area contributed by atoms with Gasteiger partial charge in [-0.15, -0.1) is 0 Å². The third kappa shape index (κ3) is 4.69. The maximum Gasteiger partial charge on any atom is 0.226 e. The van der Waals surface area contributed by atoms with E-state index in [1.54, 1.807) is 13.3 Å². The van der Waals surface area contributed by atoms with Gasteiger partial charge in [0.2, 0.25) is 5.91 Å². The molecule has 4 rings (SSSR count). The third-order valence-electron chi connectivity index (χ3n) is 6.42. The van der Waals surface area contributed by atoms with E-state index in [9.17, 15) is 4.79 Å². The predicted octanol–water partition coefficient (Wildman–Crippen LogP) is 3.56. The van der Waals surface area contributed by atoms with Gasteiger partial charge in [0.1, 0.15) is 5.82 Å². The number of imidazole rings is 1. The molecule has 1 aliphatic heterocycles. The molecule has 1 atom stereocenters. The van der Waals surface area contributed by atoms with Gasteiger partial charge in [-0.05, 0) is 30.9 Å². The van der Waals surface area contributed by atoms with E-state index in [1.165, 1.54) is 43.6 Å². The molecule has 1 unspecified atom stereocenters. The minimum Gasteiger partial charge on any atom is -0.383 e. The van der Waals surface area contributed by atoms with Crippen molar-refractivity contribution in [3.8, 4) is 0 Å². The summed E-state index contributed by atoms with van der Waals surface area (Å²) in [7, 11) is 1.68. The summed E-state index contributed by atoms with van der Waals surface area (Å²) in [6, 6.07) is 3.94. The summed E-state index contributed by atoms with van der Waals surface area (Å²) in [5.41, 5.74) is 2.28. The second-order valence-corrected chi connectivity index (χ2v) is 8.40. The highest BCUT2D eigenvalue weighted by molar-refractivity contribution is 5.79. The summed E-state index contributed by atoms with van der Waals surface area (Å²) in [6.45, 7) is 2.64. The molecule has 3 heterocycles. The number of methoxy groups -OCH3 is 1. The summed E-state index contributed by atoms with van der Waals surface area (Å²) >= 11 is 0. The van der Waals surface area contributed by atoms with E-state index in [1.807, 2.05) is 29.4 Å². The van der Waals surface area contributed by atoms with Gasteiger partial charge >= 0.3 is 0 Å². The summed E-state index contributed by atoms with van der Waals surface area (Å²) in [5.74, 6) is 2.11. The smallest absolute Gasteiger partial charge is 0.226 e. The third-order valence-corrected chi connectivity index (χ3v) is 6.42. The number of amides is 1. The fraction of sp³-hybridized carbons (Fsp3) is 0.609. The summed E-state index contributed by atoms with van der Waals surface area (Å²) < 4.78 is 7.65. The molecule has 0 radical (unpaired) electrons. The van der Waals surface area contributed by atoms with Crippen LogP contribution in [0.5, 0.6) is 0 Å². The highest BCUT2D eigenvalue weighted by atomic mass is 16.5. The first-order valence-corrected chi connectivity index (χ1v) is 11.0. The van der Waals surface area contributed by atoms with Gasteiger partial charge in [-0.25, -0.2) is 4.98 Å². The van der Waals surface area contributed by atoms with Crippen LogP contribution in [0.25, 0.3) is 0 Å². The molecule has 0 bridgehead atoms. The zero-order valence-corrected chi connectivity index (χ0v) is 17.4. The zero-order chi connectivity index (χ0) is 20.1. The lowest BCUT2D eigenvalue weighted by molar-refractivity contribution is -0.137. The average molecular weight is 397 g/mol. The number of fused-ring (bicyclic) bond motifs is 1. The zero-order valence-electron chi connectivity index (χ0n) is 17.4. The first-order chi connectivity index (χ1) is 14.3. The number of aromatic nitrogens is 3.